The van der Waals surface area contributed by atoms with Gasteiger partial charge in [0.1, 0.15) is 4.32 Å². The van der Waals surface area contributed by atoms with Gasteiger partial charge in [0.2, 0.25) is 0 Å². The highest BCUT2D eigenvalue weighted by Crippen LogP contribution is 2.45. The Hall–Kier alpha value is -1.23. The molecule has 0 aliphatic carbocycles. The van der Waals surface area contributed by atoms with Crippen LogP contribution in [0.15, 0.2) is 27.6 Å². The fourth-order valence-electron chi connectivity index (χ4n) is 3.44. The number of anilines is 1. The van der Waals surface area contributed by atoms with E-state index in [-0.39, 0.29) is 28.2 Å². The second-order valence-corrected chi connectivity index (χ2v) is 11.1. The number of carbonyl (C=O) groups excluding carboxylic acids is 2. The Labute approximate surface area is 168 Å². The van der Waals surface area contributed by atoms with Crippen LogP contribution in [0.5, 0.6) is 0 Å². The molecule has 6 nitrogen and oxygen atoms in total. The number of rotatable bonds is 1. The van der Waals surface area contributed by atoms with Gasteiger partial charge in [0.25, 0.3) is 11.8 Å². The molecule has 3 heterocycles. The summed E-state index contributed by atoms with van der Waals surface area (Å²) in [4.78, 5) is 28.9. The van der Waals surface area contributed by atoms with E-state index in [0.29, 0.717) is 21.9 Å². The zero-order valence-corrected chi connectivity index (χ0v) is 17.6. The zero-order chi connectivity index (χ0) is 18.8. The molecule has 26 heavy (non-hydrogen) atoms. The summed E-state index contributed by atoms with van der Waals surface area (Å²) >= 11 is 9.81. The lowest BCUT2D eigenvalue weighted by molar-refractivity contribution is -0.123. The van der Waals surface area contributed by atoms with E-state index in [4.69, 9.17) is 12.2 Å². The second-order valence-electron chi connectivity index (χ2n) is 6.33. The SMILES string of the molecule is CN1C(=O)C(=C2SC(=S)N(C3CCS(=O)(=O)C3)C2=O)c2cc(Br)ccc21. The normalized spacial score (nSPS) is 27.6. The van der Waals surface area contributed by atoms with Crippen molar-refractivity contribution in [2.45, 2.75) is 12.5 Å². The Bertz CT molecular complexity index is 1020. The third-order valence-electron chi connectivity index (χ3n) is 4.71. The fourth-order valence-corrected chi connectivity index (χ4v) is 6.97. The first-order valence-electron chi connectivity index (χ1n) is 7.77. The van der Waals surface area contributed by atoms with Crippen LogP contribution in [0.3, 0.4) is 0 Å². The molecule has 3 aliphatic rings. The first-order valence-corrected chi connectivity index (χ1v) is 11.6. The van der Waals surface area contributed by atoms with Gasteiger partial charge in [0.15, 0.2) is 9.84 Å². The standard InChI is InChI=1S/C16H13BrN2O4S3/c1-18-11-3-2-8(17)6-10(11)12(14(18)20)13-15(21)19(16(24)25-13)9-4-5-26(22,23)7-9/h2-3,6,9H,4-5,7H2,1H3. The smallest absolute Gasteiger partial charge is 0.267 e. The molecule has 136 valence electrons. The molecule has 1 unspecified atom stereocenters. The lowest BCUT2D eigenvalue weighted by atomic mass is 10.1. The lowest BCUT2D eigenvalue weighted by Crippen LogP contribution is -2.39. The van der Waals surface area contributed by atoms with Gasteiger partial charge in [-0.2, -0.15) is 0 Å². The molecule has 1 aromatic carbocycles. The zero-order valence-electron chi connectivity index (χ0n) is 13.6. The van der Waals surface area contributed by atoms with Crippen LogP contribution in [0.2, 0.25) is 0 Å². The van der Waals surface area contributed by atoms with E-state index < -0.39 is 15.9 Å². The lowest BCUT2D eigenvalue weighted by Gasteiger charge is -2.21. The van der Waals surface area contributed by atoms with Gasteiger partial charge >= 0.3 is 0 Å². The van der Waals surface area contributed by atoms with E-state index in [1.165, 1.54) is 9.80 Å². The van der Waals surface area contributed by atoms with Crippen LogP contribution in [-0.4, -0.2) is 54.0 Å². The summed E-state index contributed by atoms with van der Waals surface area (Å²) in [6, 6.07) is 5.00. The van der Waals surface area contributed by atoms with Crippen molar-refractivity contribution >= 4 is 77.1 Å². The summed E-state index contributed by atoms with van der Waals surface area (Å²) in [6.07, 6.45) is 0.368. The number of carbonyl (C=O) groups is 2. The van der Waals surface area contributed by atoms with Crippen molar-refractivity contribution in [3.8, 4) is 0 Å². The maximum Gasteiger partial charge on any atom is 0.267 e. The molecule has 0 saturated carbocycles. The minimum absolute atomic E-state index is 0.0537. The molecular weight excluding hydrogens is 460 g/mol. The van der Waals surface area contributed by atoms with Gasteiger partial charge < -0.3 is 4.90 Å². The number of benzene rings is 1. The third-order valence-corrected chi connectivity index (χ3v) is 8.35. The van der Waals surface area contributed by atoms with Crippen LogP contribution < -0.4 is 4.90 Å². The van der Waals surface area contributed by atoms with Gasteiger partial charge in [-0.25, -0.2) is 8.42 Å². The number of hydrogen-bond donors (Lipinski definition) is 0. The van der Waals surface area contributed by atoms with E-state index in [2.05, 4.69) is 15.9 Å². The number of nitrogens with zero attached hydrogens (tertiary/aromatic N) is 2. The van der Waals surface area contributed by atoms with E-state index in [0.717, 1.165) is 21.9 Å². The Balaban J connectivity index is 1.80. The number of halogens is 1. The Morgan fingerprint density at radius 1 is 1.27 bits per heavy atom. The molecular formula is C16H13BrN2O4S3. The Kier molecular flexibility index (Phi) is 4.29. The molecule has 4 rings (SSSR count). The minimum atomic E-state index is -3.15. The molecule has 1 aromatic rings. The van der Waals surface area contributed by atoms with Gasteiger partial charge in [-0.3, -0.25) is 14.5 Å². The van der Waals surface area contributed by atoms with Crippen molar-refractivity contribution in [3.05, 3.63) is 33.1 Å². The largest absolute Gasteiger partial charge is 0.311 e. The predicted octanol–water partition coefficient (Wildman–Crippen LogP) is 2.18. The molecule has 0 N–H and O–H groups in total. The van der Waals surface area contributed by atoms with Gasteiger partial charge in [-0.05, 0) is 24.6 Å². The highest BCUT2D eigenvalue weighted by Gasteiger charge is 2.45. The molecule has 0 bridgehead atoms. The molecule has 10 heteroatoms. The van der Waals surface area contributed by atoms with Crippen molar-refractivity contribution in [2.75, 3.05) is 23.5 Å². The number of thiocarbonyl (C=S) groups is 1. The molecule has 0 radical (unpaired) electrons. The van der Waals surface area contributed by atoms with E-state index in [1.54, 1.807) is 13.1 Å². The number of sulfone groups is 1. The van der Waals surface area contributed by atoms with Crippen molar-refractivity contribution in [2.24, 2.45) is 0 Å². The highest BCUT2D eigenvalue weighted by molar-refractivity contribution is 9.10. The molecule has 0 aromatic heterocycles. The van der Waals surface area contributed by atoms with E-state index in [1.807, 2.05) is 12.1 Å². The van der Waals surface area contributed by atoms with Gasteiger partial charge in [-0.1, -0.05) is 39.9 Å². The third kappa shape index (κ3) is 2.74. The van der Waals surface area contributed by atoms with Crippen molar-refractivity contribution in [1.82, 2.24) is 4.90 Å². The van der Waals surface area contributed by atoms with Crippen LogP contribution in [0, 0.1) is 0 Å². The van der Waals surface area contributed by atoms with Crippen molar-refractivity contribution in [3.63, 3.8) is 0 Å². The van der Waals surface area contributed by atoms with Crippen LogP contribution in [0.25, 0.3) is 5.57 Å². The molecule has 2 saturated heterocycles. The van der Waals surface area contributed by atoms with Crippen molar-refractivity contribution < 1.29 is 18.0 Å². The number of likely N-dealkylation sites (N-methyl/N-ethyl adjacent to an activating group) is 1. The van der Waals surface area contributed by atoms with E-state index >= 15 is 0 Å². The fraction of sp³-hybridized carbons (Fsp3) is 0.312. The Morgan fingerprint density at radius 2 is 2.00 bits per heavy atom. The summed E-state index contributed by atoms with van der Waals surface area (Å²) in [7, 11) is -1.49. The monoisotopic (exact) mass is 472 g/mol. The maximum absolute atomic E-state index is 13.0. The van der Waals surface area contributed by atoms with Gasteiger partial charge in [-0.15, -0.1) is 0 Å². The number of amides is 2. The van der Waals surface area contributed by atoms with Gasteiger partial charge in [0.05, 0.1) is 33.7 Å². The molecule has 1 atom stereocenters. The summed E-state index contributed by atoms with van der Waals surface area (Å²) in [6.45, 7) is 0. The summed E-state index contributed by atoms with van der Waals surface area (Å²) in [5.41, 5.74) is 1.72. The van der Waals surface area contributed by atoms with Crippen LogP contribution in [0.4, 0.5) is 5.69 Å². The minimum Gasteiger partial charge on any atom is -0.311 e. The number of hydrogen-bond acceptors (Lipinski definition) is 6. The average molecular weight is 473 g/mol. The highest BCUT2D eigenvalue weighted by atomic mass is 79.9. The molecule has 2 fully saturated rings. The predicted molar refractivity (Wildman–Crippen MR) is 109 cm³/mol. The van der Waals surface area contributed by atoms with Crippen molar-refractivity contribution in [1.29, 1.82) is 0 Å². The topological polar surface area (TPSA) is 74.8 Å². The summed E-state index contributed by atoms with van der Waals surface area (Å²) < 4.78 is 24.7. The second kappa shape index (κ2) is 6.15. The first kappa shape index (κ1) is 18.1. The summed E-state index contributed by atoms with van der Waals surface area (Å²) in [5.74, 6) is -0.680. The maximum atomic E-state index is 13.0. The average Bonchev–Trinajstić information content (AvgIpc) is 3.13. The number of fused-ring (bicyclic) bond motifs is 1. The summed E-state index contributed by atoms with van der Waals surface area (Å²) in [5, 5.41) is 0. The quantitative estimate of drug-likeness (QED) is 0.460. The first-order chi connectivity index (χ1) is 12.2. The van der Waals surface area contributed by atoms with E-state index in [9.17, 15) is 18.0 Å². The molecule has 2 amide bonds. The molecule has 3 aliphatic heterocycles. The van der Waals surface area contributed by atoms with Gasteiger partial charge in [0, 0.05) is 17.1 Å². The van der Waals surface area contributed by atoms with Crippen LogP contribution in [0.1, 0.15) is 12.0 Å². The Morgan fingerprint density at radius 3 is 2.65 bits per heavy atom. The molecule has 0 spiro atoms. The number of thioether (sulfide) groups is 1. The van der Waals surface area contributed by atoms with Crippen LogP contribution in [-0.2, 0) is 19.4 Å². The van der Waals surface area contributed by atoms with Crippen LogP contribution >= 0.6 is 39.9 Å².